The van der Waals surface area contributed by atoms with Gasteiger partial charge in [0.25, 0.3) is 0 Å². The molecule has 0 aromatic heterocycles. The number of benzene rings is 2. The van der Waals surface area contributed by atoms with Gasteiger partial charge in [-0.15, -0.1) is 0 Å². The Morgan fingerprint density at radius 2 is 1.75 bits per heavy atom. The second-order valence-electron chi connectivity index (χ2n) is 5.29. The lowest BCUT2D eigenvalue weighted by molar-refractivity contribution is -0.137. The van der Waals surface area contributed by atoms with Gasteiger partial charge >= 0.3 is 5.97 Å². The first-order valence-electron chi connectivity index (χ1n) is 7.49. The fraction of sp³-hybridized carbons (Fsp3) is 0.158. The number of aryl methyl sites for hydroxylation is 1. The Morgan fingerprint density at radius 1 is 1.08 bits per heavy atom. The zero-order valence-electron chi connectivity index (χ0n) is 13.4. The van der Waals surface area contributed by atoms with Crippen LogP contribution in [0.15, 0.2) is 54.6 Å². The van der Waals surface area contributed by atoms with E-state index in [2.05, 4.69) is 5.32 Å². The van der Waals surface area contributed by atoms with E-state index in [4.69, 9.17) is 9.84 Å². The van der Waals surface area contributed by atoms with Crippen LogP contribution in [0.2, 0.25) is 0 Å². The third-order valence-corrected chi connectivity index (χ3v) is 3.25. The third-order valence-electron chi connectivity index (χ3n) is 3.25. The summed E-state index contributed by atoms with van der Waals surface area (Å²) < 4.78 is 5.71. The highest BCUT2D eigenvalue weighted by Crippen LogP contribution is 2.15. The molecule has 0 fully saturated rings. The van der Waals surface area contributed by atoms with E-state index in [-0.39, 0.29) is 0 Å². The van der Waals surface area contributed by atoms with Gasteiger partial charge in [-0.3, -0.25) is 9.59 Å². The summed E-state index contributed by atoms with van der Waals surface area (Å²) in [6.45, 7) is 2.14. The maximum atomic E-state index is 11.4. The Bertz CT molecular complexity index is 718. The van der Waals surface area contributed by atoms with Crippen molar-refractivity contribution in [3.05, 3.63) is 71.3 Å². The summed E-state index contributed by atoms with van der Waals surface area (Å²) in [5.41, 5.74) is 3.13. The predicted octanol–water partition coefficient (Wildman–Crippen LogP) is 2.79. The molecule has 5 nitrogen and oxygen atoms in total. The molecule has 2 rings (SSSR count). The molecule has 0 saturated carbocycles. The molecule has 0 spiro atoms. The predicted molar refractivity (Wildman–Crippen MR) is 91.6 cm³/mol. The smallest absolute Gasteiger partial charge is 0.322 e. The van der Waals surface area contributed by atoms with Crippen molar-refractivity contribution in [2.45, 2.75) is 13.5 Å². The van der Waals surface area contributed by atoms with Gasteiger partial charge < -0.3 is 15.2 Å². The van der Waals surface area contributed by atoms with E-state index in [0.717, 1.165) is 16.9 Å². The van der Waals surface area contributed by atoms with Crippen LogP contribution >= 0.6 is 0 Å². The molecule has 2 aromatic rings. The monoisotopic (exact) mass is 325 g/mol. The molecule has 0 aliphatic carbocycles. The number of amides is 1. The number of carbonyl (C=O) groups excluding carboxylic acids is 1. The highest BCUT2D eigenvalue weighted by molar-refractivity contribution is 5.93. The fourth-order valence-corrected chi connectivity index (χ4v) is 1.92. The van der Waals surface area contributed by atoms with Crippen LogP contribution in [-0.2, 0) is 16.2 Å². The van der Waals surface area contributed by atoms with Crippen molar-refractivity contribution in [2.75, 3.05) is 6.54 Å². The minimum atomic E-state index is -1.08. The number of nitrogens with one attached hydrogen (secondary N) is 1. The molecule has 24 heavy (non-hydrogen) atoms. The molecule has 2 aromatic carbocycles. The van der Waals surface area contributed by atoms with Gasteiger partial charge in [0, 0.05) is 6.08 Å². The average molecular weight is 325 g/mol. The largest absolute Gasteiger partial charge is 0.489 e. The number of hydrogen-bond donors (Lipinski definition) is 2. The van der Waals surface area contributed by atoms with Crippen LogP contribution < -0.4 is 10.1 Å². The number of aliphatic carboxylic acids is 1. The number of rotatable bonds is 7. The molecule has 0 bridgehead atoms. The topological polar surface area (TPSA) is 75.6 Å². The summed E-state index contributed by atoms with van der Waals surface area (Å²) >= 11 is 0. The molecular formula is C19H19NO4. The minimum absolute atomic E-state index is 0.394. The maximum absolute atomic E-state index is 11.4. The van der Waals surface area contributed by atoms with E-state index in [1.165, 1.54) is 11.6 Å². The number of hydrogen-bond acceptors (Lipinski definition) is 3. The Balaban J connectivity index is 1.85. The van der Waals surface area contributed by atoms with Crippen LogP contribution in [-0.4, -0.2) is 23.5 Å². The van der Waals surface area contributed by atoms with Crippen LogP contribution in [0.4, 0.5) is 0 Å². The van der Waals surface area contributed by atoms with Gasteiger partial charge in [-0.2, -0.15) is 0 Å². The van der Waals surface area contributed by atoms with E-state index < -0.39 is 18.4 Å². The Kier molecular flexibility index (Phi) is 6.14. The van der Waals surface area contributed by atoms with E-state index >= 15 is 0 Å². The Morgan fingerprint density at radius 3 is 2.38 bits per heavy atom. The number of carboxylic acids is 1. The molecule has 0 aliphatic heterocycles. The second kappa shape index (κ2) is 8.53. The zero-order chi connectivity index (χ0) is 17.4. The van der Waals surface area contributed by atoms with Crippen LogP contribution in [0.3, 0.4) is 0 Å². The Labute approximate surface area is 140 Å². The van der Waals surface area contributed by atoms with Gasteiger partial charge in [-0.25, -0.2) is 0 Å². The summed E-state index contributed by atoms with van der Waals surface area (Å²) in [4.78, 5) is 21.7. The van der Waals surface area contributed by atoms with Crippen molar-refractivity contribution in [1.82, 2.24) is 5.32 Å². The van der Waals surface area contributed by atoms with E-state index in [1.807, 2.05) is 55.5 Å². The van der Waals surface area contributed by atoms with Gasteiger partial charge in [0.1, 0.15) is 18.9 Å². The summed E-state index contributed by atoms with van der Waals surface area (Å²) in [5, 5.41) is 10.7. The van der Waals surface area contributed by atoms with Gasteiger partial charge in [-0.05, 0) is 36.3 Å². The van der Waals surface area contributed by atoms with Crippen LogP contribution in [0.5, 0.6) is 5.75 Å². The molecule has 1 amide bonds. The molecular weight excluding hydrogens is 306 g/mol. The van der Waals surface area contributed by atoms with E-state index in [1.54, 1.807) is 6.08 Å². The zero-order valence-corrected chi connectivity index (χ0v) is 13.4. The van der Waals surface area contributed by atoms with Crippen molar-refractivity contribution in [2.24, 2.45) is 0 Å². The van der Waals surface area contributed by atoms with Gasteiger partial charge in [0.05, 0.1) is 0 Å². The Hall–Kier alpha value is -3.08. The first-order valence-corrected chi connectivity index (χ1v) is 7.49. The van der Waals surface area contributed by atoms with Crippen molar-refractivity contribution in [1.29, 1.82) is 0 Å². The molecule has 2 N–H and O–H groups in total. The molecule has 124 valence electrons. The maximum Gasteiger partial charge on any atom is 0.322 e. The standard InChI is InChI=1S/C19H19NO4/c1-14-2-4-16(5-3-14)13-24-17-9-6-15(7-10-17)8-11-18(21)20-12-19(22)23/h2-11H,12-13H2,1H3,(H,20,21)(H,22,23)/b11-8+. The molecule has 5 heteroatoms. The molecule has 0 aliphatic rings. The fourth-order valence-electron chi connectivity index (χ4n) is 1.92. The van der Waals surface area contributed by atoms with Crippen molar-refractivity contribution in [3.63, 3.8) is 0 Å². The number of carboxylic acid groups (broad SMARTS) is 1. The quantitative estimate of drug-likeness (QED) is 0.768. The van der Waals surface area contributed by atoms with Gasteiger partial charge in [-0.1, -0.05) is 42.0 Å². The van der Waals surface area contributed by atoms with E-state index in [9.17, 15) is 9.59 Å². The van der Waals surface area contributed by atoms with Crippen LogP contribution in [0.25, 0.3) is 6.08 Å². The molecule has 0 unspecified atom stereocenters. The highest BCUT2D eigenvalue weighted by Gasteiger charge is 2.00. The molecule has 0 radical (unpaired) electrons. The lowest BCUT2D eigenvalue weighted by atomic mass is 10.1. The summed E-state index contributed by atoms with van der Waals surface area (Å²) in [7, 11) is 0. The summed E-state index contributed by atoms with van der Waals surface area (Å²) in [6.07, 6.45) is 2.91. The third kappa shape index (κ3) is 5.96. The van der Waals surface area contributed by atoms with Gasteiger partial charge in [0.2, 0.25) is 5.91 Å². The minimum Gasteiger partial charge on any atom is -0.489 e. The van der Waals surface area contributed by atoms with E-state index in [0.29, 0.717) is 6.61 Å². The number of ether oxygens (including phenoxy) is 1. The van der Waals surface area contributed by atoms with Crippen LogP contribution in [0.1, 0.15) is 16.7 Å². The first kappa shape index (κ1) is 17.3. The number of carbonyl (C=O) groups is 2. The molecule has 0 saturated heterocycles. The van der Waals surface area contributed by atoms with Crippen molar-refractivity contribution >= 4 is 18.0 Å². The molecule has 0 heterocycles. The van der Waals surface area contributed by atoms with Crippen molar-refractivity contribution in [3.8, 4) is 5.75 Å². The highest BCUT2D eigenvalue weighted by atomic mass is 16.5. The first-order chi connectivity index (χ1) is 11.5. The molecule has 0 atom stereocenters. The van der Waals surface area contributed by atoms with Crippen molar-refractivity contribution < 1.29 is 19.4 Å². The lowest BCUT2D eigenvalue weighted by Gasteiger charge is -2.07. The second-order valence-corrected chi connectivity index (χ2v) is 5.29. The summed E-state index contributed by atoms with van der Waals surface area (Å²) in [6, 6.07) is 15.4. The van der Waals surface area contributed by atoms with Crippen LogP contribution in [0, 0.1) is 6.92 Å². The van der Waals surface area contributed by atoms with Gasteiger partial charge in [0.15, 0.2) is 0 Å². The lowest BCUT2D eigenvalue weighted by Crippen LogP contribution is -2.27. The SMILES string of the molecule is Cc1ccc(COc2ccc(/C=C/C(=O)NCC(=O)O)cc2)cc1. The average Bonchev–Trinajstić information content (AvgIpc) is 2.58. The summed E-state index contributed by atoms with van der Waals surface area (Å²) in [5.74, 6) is -0.785. The normalized spacial score (nSPS) is 10.5.